The lowest BCUT2D eigenvalue weighted by Gasteiger charge is -1.88. The summed E-state index contributed by atoms with van der Waals surface area (Å²) in [6, 6.07) is 0. The predicted molar refractivity (Wildman–Crippen MR) is 31.7 cm³/mol. The minimum Gasteiger partial charge on any atom is -0.478 e. The molecule has 1 aliphatic rings. The van der Waals surface area contributed by atoms with Gasteiger partial charge in [-0.05, 0) is 4.92 Å². The fourth-order valence-corrected chi connectivity index (χ4v) is 0.458. The second kappa shape index (κ2) is 2.34. The van der Waals surface area contributed by atoms with Crippen LogP contribution in [0.5, 0.6) is 0 Å². The van der Waals surface area contributed by atoms with Gasteiger partial charge in [0.25, 0.3) is 5.88 Å². The molecular formula is C4H4N3O3. The third kappa shape index (κ3) is 1.04. The normalized spacial score (nSPS) is 15.3. The third-order valence-corrected chi connectivity index (χ3v) is 0.900. The van der Waals surface area contributed by atoms with Gasteiger partial charge in [0, 0.05) is 5.43 Å². The highest BCUT2D eigenvalue weighted by atomic mass is 16.6. The lowest BCUT2D eigenvalue weighted by Crippen LogP contribution is -2.05. The maximum absolute atomic E-state index is 9.98. The molecule has 53 valence electrons. The molecule has 0 unspecified atom stereocenters. The molecule has 6 nitrogen and oxygen atoms in total. The van der Waals surface area contributed by atoms with Crippen LogP contribution in [0.4, 0.5) is 0 Å². The van der Waals surface area contributed by atoms with Crippen LogP contribution >= 0.6 is 0 Å². The van der Waals surface area contributed by atoms with Gasteiger partial charge < -0.3 is 14.9 Å². The van der Waals surface area contributed by atoms with Crippen LogP contribution in [0.1, 0.15) is 0 Å². The Morgan fingerprint density at radius 1 is 1.80 bits per heavy atom. The van der Waals surface area contributed by atoms with Crippen LogP contribution in [0.3, 0.4) is 0 Å². The van der Waals surface area contributed by atoms with Crippen molar-refractivity contribution in [1.29, 1.82) is 0 Å². The summed E-state index contributed by atoms with van der Waals surface area (Å²) in [5.41, 5.74) is 3.34. The van der Waals surface area contributed by atoms with Crippen LogP contribution in [0.25, 0.3) is 0 Å². The summed E-state index contributed by atoms with van der Waals surface area (Å²) in [5, 5.41) is 13.2. The molecular weight excluding hydrogens is 138 g/mol. The Balaban J connectivity index is 2.68. The van der Waals surface area contributed by atoms with Gasteiger partial charge in [-0.3, -0.25) is 0 Å². The van der Waals surface area contributed by atoms with Gasteiger partial charge >= 0.3 is 5.84 Å². The maximum Gasteiger partial charge on any atom is 0.396 e. The van der Waals surface area contributed by atoms with E-state index >= 15 is 0 Å². The molecule has 10 heavy (non-hydrogen) atoms. The van der Waals surface area contributed by atoms with E-state index in [1.165, 1.54) is 7.11 Å². The molecule has 0 saturated heterocycles. The van der Waals surface area contributed by atoms with Gasteiger partial charge in [0.15, 0.2) is 0 Å². The number of nitrogens with zero attached hydrogens (tertiary/aromatic N) is 3. The first kappa shape index (κ1) is 6.53. The highest BCUT2D eigenvalue weighted by Crippen LogP contribution is 2.01. The van der Waals surface area contributed by atoms with Crippen LogP contribution in [0, 0.1) is 10.1 Å². The van der Waals surface area contributed by atoms with E-state index < -0.39 is 4.92 Å². The average molecular weight is 142 g/mol. The van der Waals surface area contributed by atoms with Crippen molar-refractivity contribution in [3.63, 3.8) is 0 Å². The summed E-state index contributed by atoms with van der Waals surface area (Å²) >= 11 is 0. The Labute approximate surface area is 56.3 Å². The van der Waals surface area contributed by atoms with Gasteiger partial charge in [-0.15, -0.1) is 0 Å². The van der Waals surface area contributed by atoms with Gasteiger partial charge in [-0.2, -0.15) is 0 Å². The highest BCUT2D eigenvalue weighted by Gasteiger charge is 2.21. The molecule has 0 spiro atoms. The average Bonchev–Trinajstić information content (AvgIpc) is 2.34. The summed E-state index contributed by atoms with van der Waals surface area (Å²) < 4.78 is 4.57. The Morgan fingerprint density at radius 2 is 2.50 bits per heavy atom. The molecule has 0 atom stereocenters. The number of hydrogen-bond donors (Lipinski definition) is 0. The first-order valence-corrected chi connectivity index (χ1v) is 2.43. The van der Waals surface area contributed by atoms with E-state index in [0.717, 1.165) is 6.08 Å². The van der Waals surface area contributed by atoms with Crippen molar-refractivity contribution in [2.75, 3.05) is 7.11 Å². The Hall–Kier alpha value is -1.59. The monoisotopic (exact) mass is 142 g/mol. The van der Waals surface area contributed by atoms with E-state index in [9.17, 15) is 10.1 Å². The second-order valence-corrected chi connectivity index (χ2v) is 1.50. The van der Waals surface area contributed by atoms with Crippen molar-refractivity contribution < 1.29 is 9.66 Å². The van der Waals surface area contributed by atoms with E-state index in [1.54, 1.807) is 0 Å². The van der Waals surface area contributed by atoms with Crippen molar-refractivity contribution >= 4 is 5.84 Å². The van der Waals surface area contributed by atoms with E-state index in [-0.39, 0.29) is 11.7 Å². The van der Waals surface area contributed by atoms with Crippen molar-refractivity contribution in [1.82, 2.24) is 5.43 Å². The number of rotatable bonds is 1. The molecule has 0 aromatic heterocycles. The number of methoxy groups -OCH3 is 1. The third-order valence-electron chi connectivity index (χ3n) is 0.900. The standard InChI is InChI=1S/C4H4N3O3/c1-10-4-2-3(5-6-4)7(8)9/h2H,1H3. The van der Waals surface area contributed by atoms with E-state index in [4.69, 9.17) is 0 Å². The minimum absolute atomic E-state index is 0.159. The smallest absolute Gasteiger partial charge is 0.396 e. The van der Waals surface area contributed by atoms with Gasteiger partial charge in [-0.1, -0.05) is 0 Å². The number of nitro groups is 1. The molecule has 0 bridgehead atoms. The molecule has 0 saturated carbocycles. The van der Waals surface area contributed by atoms with Crippen molar-refractivity contribution in [2.24, 2.45) is 5.10 Å². The lowest BCUT2D eigenvalue weighted by atomic mass is 10.6. The molecule has 1 rings (SSSR count). The van der Waals surface area contributed by atoms with Gasteiger partial charge in [0.2, 0.25) is 0 Å². The van der Waals surface area contributed by atoms with Crippen molar-refractivity contribution in [2.45, 2.75) is 0 Å². The molecule has 1 heterocycles. The molecule has 0 aromatic carbocycles. The maximum atomic E-state index is 9.98. The van der Waals surface area contributed by atoms with Gasteiger partial charge in [0.05, 0.1) is 12.2 Å². The highest BCUT2D eigenvalue weighted by molar-refractivity contribution is 5.87. The van der Waals surface area contributed by atoms with Crippen LogP contribution in [0.15, 0.2) is 17.1 Å². The van der Waals surface area contributed by atoms with Crippen molar-refractivity contribution in [3.05, 3.63) is 22.1 Å². The van der Waals surface area contributed by atoms with E-state index in [0.29, 0.717) is 0 Å². The van der Waals surface area contributed by atoms with Crippen LogP contribution in [-0.4, -0.2) is 17.9 Å². The van der Waals surface area contributed by atoms with E-state index in [2.05, 4.69) is 15.3 Å². The van der Waals surface area contributed by atoms with Gasteiger partial charge in [0.1, 0.15) is 6.08 Å². The fourth-order valence-electron chi connectivity index (χ4n) is 0.458. The molecule has 0 N–H and O–H groups in total. The molecule has 0 fully saturated rings. The fraction of sp³-hybridized carbons (Fsp3) is 0.250. The topological polar surface area (TPSA) is 78.8 Å². The summed E-state index contributed by atoms with van der Waals surface area (Å²) in [6.45, 7) is 0. The van der Waals surface area contributed by atoms with E-state index in [1.807, 2.05) is 0 Å². The summed E-state index contributed by atoms with van der Waals surface area (Å²) in [7, 11) is 1.37. The zero-order chi connectivity index (χ0) is 7.56. The molecule has 0 aromatic rings. The van der Waals surface area contributed by atoms with Gasteiger partial charge in [-0.25, -0.2) is 0 Å². The molecule has 6 heteroatoms. The Morgan fingerprint density at radius 3 is 2.80 bits per heavy atom. The van der Waals surface area contributed by atoms with Crippen LogP contribution in [-0.2, 0) is 4.74 Å². The first-order valence-electron chi connectivity index (χ1n) is 2.43. The molecule has 1 aliphatic heterocycles. The predicted octanol–water partition coefficient (Wildman–Crippen LogP) is -0.318. The van der Waals surface area contributed by atoms with Crippen molar-refractivity contribution in [3.8, 4) is 0 Å². The lowest BCUT2D eigenvalue weighted by molar-refractivity contribution is -0.348. The van der Waals surface area contributed by atoms with Crippen LogP contribution < -0.4 is 5.43 Å². The Kier molecular flexibility index (Phi) is 1.53. The largest absolute Gasteiger partial charge is 0.478 e. The first-order chi connectivity index (χ1) is 4.74. The zero-order valence-electron chi connectivity index (χ0n) is 5.14. The number of ether oxygens (including phenoxy) is 1. The number of amidine groups is 1. The quantitative estimate of drug-likeness (QED) is 0.371. The SMILES string of the molecule is COC1=CC([N+](=O)[O-])=N[N]1. The van der Waals surface area contributed by atoms with Crippen LogP contribution in [0.2, 0.25) is 0 Å². The summed E-state index contributed by atoms with van der Waals surface area (Å²) in [6.07, 6.45) is 1.15. The second-order valence-electron chi connectivity index (χ2n) is 1.50. The summed E-state index contributed by atoms with van der Waals surface area (Å²) in [5.74, 6) is -0.136. The zero-order valence-corrected chi connectivity index (χ0v) is 5.14. The molecule has 0 amide bonds. The Bertz CT molecular complexity index is 220. The molecule has 0 aliphatic carbocycles. The number of hydrogen-bond acceptors (Lipinski definition) is 4. The minimum atomic E-state index is -0.629. The summed E-state index contributed by atoms with van der Waals surface area (Å²) in [4.78, 5) is 9.35. The molecule has 1 radical (unpaired) electrons.